The molecule has 3 saturated carbocycles. The van der Waals surface area contributed by atoms with Gasteiger partial charge in [-0.25, -0.2) is 0 Å². The first-order valence-electron chi connectivity index (χ1n) is 21.9. The lowest BCUT2D eigenvalue weighted by Crippen LogP contribution is -2.41. The summed E-state index contributed by atoms with van der Waals surface area (Å²) in [6.45, 7) is 4.74. The molecule has 4 bridgehead atoms. The largest absolute Gasteiger partial charge is 0.310 e. The van der Waals surface area contributed by atoms with E-state index in [4.69, 9.17) is 0 Å². The monoisotopic (exact) mass is 759 g/mol. The molecule has 4 atom stereocenters. The molecule has 0 amide bonds. The fourth-order valence-electron chi connectivity index (χ4n) is 12.2. The van der Waals surface area contributed by atoms with Crippen molar-refractivity contribution in [3.05, 3.63) is 198 Å². The normalized spacial score (nSPS) is 20.5. The number of anilines is 3. The first-order valence-corrected chi connectivity index (χ1v) is 21.9. The summed E-state index contributed by atoms with van der Waals surface area (Å²) in [5, 5.41) is 2.63. The van der Waals surface area contributed by atoms with Crippen molar-refractivity contribution >= 4 is 27.8 Å². The molecular weight excluding hydrogens is 711 g/mol. The highest BCUT2D eigenvalue weighted by Crippen LogP contribution is 2.58. The van der Waals surface area contributed by atoms with Gasteiger partial charge in [-0.05, 0) is 152 Å². The highest BCUT2D eigenvalue weighted by atomic mass is 15.1. The molecule has 3 fully saturated rings. The molecule has 0 spiro atoms. The maximum Gasteiger partial charge on any atom is 0.0540 e. The molecule has 286 valence electrons. The van der Waals surface area contributed by atoms with Crippen LogP contribution in [0.25, 0.3) is 55.3 Å². The van der Waals surface area contributed by atoms with Crippen molar-refractivity contribution in [1.29, 1.82) is 0 Å². The van der Waals surface area contributed by atoms with Gasteiger partial charge in [0.1, 0.15) is 0 Å². The van der Waals surface area contributed by atoms with E-state index in [0.29, 0.717) is 0 Å². The van der Waals surface area contributed by atoms with Gasteiger partial charge in [0, 0.05) is 22.4 Å². The molecule has 8 aromatic carbocycles. The summed E-state index contributed by atoms with van der Waals surface area (Å²) in [7, 11) is 0. The molecule has 0 heterocycles. The van der Waals surface area contributed by atoms with E-state index >= 15 is 0 Å². The maximum absolute atomic E-state index is 2.59. The van der Waals surface area contributed by atoms with Gasteiger partial charge in [-0.1, -0.05) is 166 Å². The van der Waals surface area contributed by atoms with Crippen LogP contribution in [0, 0.1) is 17.8 Å². The van der Waals surface area contributed by atoms with Crippen LogP contribution in [0.15, 0.2) is 176 Å². The van der Waals surface area contributed by atoms with Crippen LogP contribution in [0.3, 0.4) is 0 Å². The lowest BCUT2D eigenvalue weighted by Gasteiger charge is -2.51. The third-order valence-electron chi connectivity index (χ3n) is 15.0. The quantitative estimate of drug-likeness (QED) is 0.163. The minimum atomic E-state index is -0.0959. The van der Waals surface area contributed by atoms with Crippen LogP contribution in [0.5, 0.6) is 0 Å². The van der Waals surface area contributed by atoms with E-state index in [9.17, 15) is 0 Å². The van der Waals surface area contributed by atoms with Crippen LogP contribution in [-0.4, -0.2) is 0 Å². The second-order valence-electron chi connectivity index (χ2n) is 18.4. The third-order valence-corrected chi connectivity index (χ3v) is 15.0. The van der Waals surface area contributed by atoms with E-state index in [1.54, 1.807) is 11.1 Å². The molecular formula is C58H49N. The highest BCUT2D eigenvalue weighted by molar-refractivity contribution is 6.05. The molecule has 0 aromatic heterocycles. The van der Waals surface area contributed by atoms with Crippen LogP contribution < -0.4 is 4.90 Å². The summed E-state index contributed by atoms with van der Waals surface area (Å²) in [5.41, 5.74) is 19.7. The maximum atomic E-state index is 2.59. The fraction of sp³-hybridized carbons (Fsp3) is 0.207. The number of hydrogen-bond donors (Lipinski definition) is 0. The van der Waals surface area contributed by atoms with Gasteiger partial charge in [0.2, 0.25) is 0 Å². The SMILES string of the molecule is CC1(C)c2ccccc2-c2ccc(N(c3ccc(-c4ccc(-c5ccc6c(c5)C5CC7CCC5C(C6)C7)c5ccccc45)cc3)c3ccccc3-c3ccccc3)cc21. The van der Waals surface area contributed by atoms with Gasteiger partial charge in [-0.2, -0.15) is 0 Å². The van der Waals surface area contributed by atoms with E-state index in [-0.39, 0.29) is 5.41 Å². The van der Waals surface area contributed by atoms with Gasteiger partial charge in [0.25, 0.3) is 0 Å². The molecule has 5 aliphatic carbocycles. The Morgan fingerprint density at radius 1 is 0.475 bits per heavy atom. The molecule has 59 heavy (non-hydrogen) atoms. The predicted octanol–water partition coefficient (Wildman–Crippen LogP) is 15.7. The van der Waals surface area contributed by atoms with Crippen LogP contribution in [-0.2, 0) is 11.8 Å². The zero-order valence-electron chi connectivity index (χ0n) is 34.0. The average molecular weight is 760 g/mol. The first-order chi connectivity index (χ1) is 29.0. The number of para-hydroxylation sites is 1. The first kappa shape index (κ1) is 34.8. The zero-order chi connectivity index (χ0) is 39.2. The highest BCUT2D eigenvalue weighted by Gasteiger charge is 2.46. The van der Waals surface area contributed by atoms with Crippen molar-refractivity contribution in [1.82, 2.24) is 0 Å². The standard InChI is InChI=1S/C58H49N/c1-58(2)55-18-10-8-17-51(55)52-29-27-44(36-56(52)58)59(57-19-11-9-14-48(57)38-12-4-3-5-13-38)43-25-23-39(24-26-43)45-30-31-46(50-16-7-6-15-49(45)50)41-22-21-40-34-42-32-37-20-28-47(42)54(33-37)53(40)35-41/h3-19,21-27,29-31,35-37,42,47,54H,20,28,32-34H2,1-2H3. The fourth-order valence-corrected chi connectivity index (χ4v) is 12.2. The van der Waals surface area contributed by atoms with Crippen molar-refractivity contribution in [3.63, 3.8) is 0 Å². The zero-order valence-corrected chi connectivity index (χ0v) is 34.0. The van der Waals surface area contributed by atoms with Crippen molar-refractivity contribution in [3.8, 4) is 44.5 Å². The van der Waals surface area contributed by atoms with E-state index in [1.807, 2.05) is 0 Å². The topological polar surface area (TPSA) is 3.24 Å². The second-order valence-corrected chi connectivity index (χ2v) is 18.4. The Morgan fingerprint density at radius 2 is 1.10 bits per heavy atom. The predicted molar refractivity (Wildman–Crippen MR) is 248 cm³/mol. The summed E-state index contributed by atoms with van der Waals surface area (Å²) in [4.78, 5) is 2.46. The molecule has 8 aromatic rings. The summed E-state index contributed by atoms with van der Waals surface area (Å²) in [6.07, 6.45) is 7.06. The van der Waals surface area contributed by atoms with E-state index in [0.717, 1.165) is 40.7 Å². The molecule has 13 rings (SSSR count). The lowest BCUT2D eigenvalue weighted by molar-refractivity contribution is 0.0628. The van der Waals surface area contributed by atoms with Crippen molar-refractivity contribution in [2.75, 3.05) is 4.90 Å². The van der Waals surface area contributed by atoms with E-state index in [2.05, 4.69) is 195 Å². The van der Waals surface area contributed by atoms with Crippen LogP contribution in [0.4, 0.5) is 17.1 Å². The summed E-state index contributed by atoms with van der Waals surface area (Å²) >= 11 is 0. The Labute approximate surface area is 349 Å². The number of fused-ring (bicyclic) bond motifs is 6. The summed E-state index contributed by atoms with van der Waals surface area (Å²) in [6, 6.07) is 66.3. The van der Waals surface area contributed by atoms with Crippen molar-refractivity contribution < 1.29 is 0 Å². The van der Waals surface area contributed by atoms with Crippen LogP contribution in [0.1, 0.15) is 67.7 Å². The summed E-state index contributed by atoms with van der Waals surface area (Å²) in [5.74, 6) is 3.53. The number of rotatable bonds is 6. The minimum absolute atomic E-state index is 0.0959. The Kier molecular flexibility index (Phi) is 7.93. The van der Waals surface area contributed by atoms with Gasteiger partial charge < -0.3 is 4.90 Å². The molecule has 0 aliphatic heterocycles. The Hall–Kier alpha value is -6.18. The van der Waals surface area contributed by atoms with Gasteiger partial charge in [0.05, 0.1) is 5.69 Å². The van der Waals surface area contributed by atoms with Crippen LogP contribution >= 0.6 is 0 Å². The number of benzene rings is 8. The number of nitrogens with zero attached hydrogens (tertiary/aromatic N) is 1. The minimum Gasteiger partial charge on any atom is -0.310 e. The lowest BCUT2D eigenvalue weighted by atomic mass is 9.53. The number of hydrogen-bond acceptors (Lipinski definition) is 1. The Bertz CT molecular complexity index is 2920. The third kappa shape index (κ3) is 5.51. The van der Waals surface area contributed by atoms with Gasteiger partial charge in [-0.3, -0.25) is 0 Å². The second kappa shape index (κ2) is 13.4. The van der Waals surface area contributed by atoms with Crippen LogP contribution in [0.2, 0.25) is 0 Å². The average Bonchev–Trinajstić information content (AvgIpc) is 3.52. The smallest absolute Gasteiger partial charge is 0.0540 e. The molecule has 1 heteroatoms. The molecule has 0 N–H and O–H groups in total. The Balaban J connectivity index is 0.951. The van der Waals surface area contributed by atoms with Gasteiger partial charge in [-0.15, -0.1) is 0 Å². The molecule has 5 aliphatic rings. The van der Waals surface area contributed by atoms with E-state index < -0.39 is 0 Å². The summed E-state index contributed by atoms with van der Waals surface area (Å²) < 4.78 is 0. The van der Waals surface area contributed by atoms with Crippen molar-refractivity contribution in [2.24, 2.45) is 17.8 Å². The van der Waals surface area contributed by atoms with E-state index in [1.165, 1.54) is 98.5 Å². The van der Waals surface area contributed by atoms with Gasteiger partial charge in [0.15, 0.2) is 0 Å². The molecule has 4 unspecified atom stereocenters. The van der Waals surface area contributed by atoms with Gasteiger partial charge >= 0.3 is 0 Å². The molecule has 0 radical (unpaired) electrons. The molecule has 0 saturated heterocycles. The molecule has 1 nitrogen and oxygen atoms in total. The van der Waals surface area contributed by atoms with Crippen molar-refractivity contribution in [2.45, 2.75) is 57.3 Å². The Morgan fingerprint density at radius 3 is 1.90 bits per heavy atom.